The van der Waals surface area contributed by atoms with Crippen molar-refractivity contribution in [1.82, 2.24) is 0 Å². The molecule has 0 bridgehead atoms. The topological polar surface area (TPSA) is 68.3 Å². The van der Waals surface area contributed by atoms with Gasteiger partial charge in [-0.15, -0.1) is 0 Å². The first-order chi connectivity index (χ1) is 12.7. The van der Waals surface area contributed by atoms with Crippen LogP contribution in [0.25, 0.3) is 0 Å². The summed E-state index contributed by atoms with van der Waals surface area (Å²) in [6, 6.07) is 1.58. The first-order valence-corrected chi connectivity index (χ1v) is 10.1. The van der Waals surface area contributed by atoms with Crippen LogP contribution < -0.4 is 9.47 Å². The maximum absolute atomic E-state index is 13.0. The second kappa shape index (κ2) is 6.13. The molecule has 4 rings (SSSR count). The first kappa shape index (κ1) is 18.6. The van der Waals surface area contributed by atoms with Gasteiger partial charge in [0.1, 0.15) is 34.5 Å². The summed E-state index contributed by atoms with van der Waals surface area (Å²) in [5.41, 5.74) is 0.697. The summed E-state index contributed by atoms with van der Waals surface area (Å²) in [5, 5.41) is 10.6. The van der Waals surface area contributed by atoms with Crippen LogP contribution in [0.4, 0.5) is 0 Å². The molecule has 0 radical (unpaired) electrons. The zero-order valence-corrected chi connectivity index (χ0v) is 17.0. The SMILES string of the molecule is CC[C@H](C)C(=O)c1c(O)cc(OC)c2c1O[C@@]1(C)[C@@H]2C[C@H](C(C)C)[C@H]2O[C@H]21. The van der Waals surface area contributed by atoms with Crippen molar-refractivity contribution in [1.29, 1.82) is 0 Å². The van der Waals surface area contributed by atoms with Crippen molar-refractivity contribution in [3.8, 4) is 17.2 Å². The molecule has 1 saturated heterocycles. The van der Waals surface area contributed by atoms with Crippen LogP contribution >= 0.6 is 0 Å². The van der Waals surface area contributed by atoms with E-state index in [1.54, 1.807) is 13.2 Å². The van der Waals surface area contributed by atoms with Crippen molar-refractivity contribution >= 4 is 5.78 Å². The highest BCUT2D eigenvalue weighted by Gasteiger charge is 2.68. The highest BCUT2D eigenvalue weighted by molar-refractivity contribution is 6.03. The molecule has 1 aromatic rings. The third-order valence-electron chi connectivity index (χ3n) is 7.03. The molecule has 3 aliphatic rings. The average molecular weight is 374 g/mol. The lowest BCUT2D eigenvalue weighted by Gasteiger charge is -2.37. The number of epoxide rings is 1. The number of ketones is 1. The van der Waals surface area contributed by atoms with Gasteiger partial charge < -0.3 is 19.3 Å². The average Bonchev–Trinajstić information content (AvgIpc) is 3.37. The minimum absolute atomic E-state index is 0.0226. The summed E-state index contributed by atoms with van der Waals surface area (Å²) < 4.78 is 18.1. The number of carbonyl (C=O) groups excluding carboxylic acids is 1. The zero-order chi connectivity index (χ0) is 19.7. The van der Waals surface area contributed by atoms with Crippen LogP contribution in [0.15, 0.2) is 6.07 Å². The van der Waals surface area contributed by atoms with Gasteiger partial charge in [0, 0.05) is 23.5 Å². The summed E-state index contributed by atoms with van der Waals surface area (Å²) in [5.74, 6) is 1.83. The molecule has 6 atom stereocenters. The normalized spacial score (nSPS) is 34.3. The molecular weight excluding hydrogens is 344 g/mol. The molecule has 1 N–H and O–H groups in total. The van der Waals surface area contributed by atoms with Crippen molar-refractivity contribution in [3.05, 3.63) is 17.2 Å². The van der Waals surface area contributed by atoms with Gasteiger partial charge in [0.25, 0.3) is 0 Å². The Kier molecular flexibility index (Phi) is 4.22. The van der Waals surface area contributed by atoms with E-state index in [2.05, 4.69) is 20.8 Å². The van der Waals surface area contributed by atoms with Gasteiger partial charge in [-0.2, -0.15) is 0 Å². The van der Waals surface area contributed by atoms with Gasteiger partial charge in [0.05, 0.1) is 13.2 Å². The number of hydrogen-bond donors (Lipinski definition) is 1. The van der Waals surface area contributed by atoms with E-state index in [0.717, 1.165) is 12.0 Å². The van der Waals surface area contributed by atoms with Gasteiger partial charge >= 0.3 is 0 Å². The Morgan fingerprint density at radius 2 is 2.11 bits per heavy atom. The zero-order valence-electron chi connectivity index (χ0n) is 17.0. The van der Waals surface area contributed by atoms with Crippen LogP contribution in [0.2, 0.25) is 0 Å². The molecule has 1 saturated carbocycles. The molecule has 0 spiro atoms. The number of methoxy groups -OCH3 is 1. The number of phenolic OH excluding ortho intramolecular Hbond substituents is 1. The lowest BCUT2D eigenvalue weighted by atomic mass is 9.67. The third kappa shape index (κ3) is 2.50. The lowest BCUT2D eigenvalue weighted by molar-refractivity contribution is 0.0389. The molecule has 1 aliphatic carbocycles. The lowest BCUT2D eigenvalue weighted by Crippen LogP contribution is -2.47. The molecule has 2 fully saturated rings. The summed E-state index contributed by atoms with van der Waals surface area (Å²) in [4.78, 5) is 13.0. The summed E-state index contributed by atoms with van der Waals surface area (Å²) in [7, 11) is 1.60. The van der Waals surface area contributed by atoms with Crippen LogP contribution in [0.3, 0.4) is 0 Å². The second-order valence-corrected chi connectivity index (χ2v) is 8.89. The maximum atomic E-state index is 13.0. The smallest absolute Gasteiger partial charge is 0.173 e. The molecule has 0 unspecified atom stereocenters. The Hall–Kier alpha value is -1.75. The Morgan fingerprint density at radius 3 is 2.70 bits per heavy atom. The molecule has 27 heavy (non-hydrogen) atoms. The number of Topliss-reactive ketones (excluding diaryl/α,β-unsaturated/α-hetero) is 1. The minimum atomic E-state index is -0.524. The molecule has 148 valence electrons. The van der Waals surface area contributed by atoms with Crippen molar-refractivity contribution in [2.45, 2.75) is 71.2 Å². The maximum Gasteiger partial charge on any atom is 0.173 e. The molecule has 5 nitrogen and oxygen atoms in total. The summed E-state index contributed by atoms with van der Waals surface area (Å²) >= 11 is 0. The number of rotatable bonds is 5. The minimum Gasteiger partial charge on any atom is -0.507 e. The monoisotopic (exact) mass is 374 g/mol. The van der Waals surface area contributed by atoms with Crippen molar-refractivity contribution in [2.24, 2.45) is 17.8 Å². The van der Waals surface area contributed by atoms with Gasteiger partial charge in [0.15, 0.2) is 5.78 Å². The molecule has 0 amide bonds. The van der Waals surface area contributed by atoms with Crippen LogP contribution in [0.1, 0.15) is 69.3 Å². The molecular formula is C22H30O5. The highest BCUT2D eigenvalue weighted by Crippen LogP contribution is 2.64. The molecule has 5 heteroatoms. The number of carbonyl (C=O) groups is 1. The Morgan fingerprint density at radius 1 is 1.41 bits per heavy atom. The fraction of sp³-hybridized carbons (Fsp3) is 0.682. The van der Waals surface area contributed by atoms with Crippen LogP contribution in [0, 0.1) is 17.8 Å². The fourth-order valence-corrected chi connectivity index (χ4v) is 5.07. The summed E-state index contributed by atoms with van der Waals surface area (Å²) in [6.07, 6.45) is 1.88. The van der Waals surface area contributed by atoms with Gasteiger partial charge in [-0.05, 0) is 31.6 Å². The Labute approximate surface area is 161 Å². The molecule has 2 aliphatic heterocycles. The van der Waals surface area contributed by atoms with E-state index in [-0.39, 0.29) is 35.6 Å². The number of hydrogen-bond acceptors (Lipinski definition) is 5. The van der Waals surface area contributed by atoms with E-state index < -0.39 is 5.60 Å². The highest BCUT2D eigenvalue weighted by atomic mass is 16.6. The van der Waals surface area contributed by atoms with Crippen LogP contribution in [-0.2, 0) is 4.74 Å². The van der Waals surface area contributed by atoms with Gasteiger partial charge in [0.2, 0.25) is 0 Å². The number of benzene rings is 1. The fourth-order valence-electron chi connectivity index (χ4n) is 5.07. The summed E-state index contributed by atoms with van der Waals surface area (Å²) in [6.45, 7) is 10.4. The predicted octanol–water partition coefficient (Wildman–Crippen LogP) is 4.31. The first-order valence-electron chi connectivity index (χ1n) is 10.1. The second-order valence-electron chi connectivity index (χ2n) is 8.89. The number of fused-ring (bicyclic) bond motifs is 5. The largest absolute Gasteiger partial charge is 0.507 e. The quantitative estimate of drug-likeness (QED) is 0.614. The standard InChI is InChI=1S/C22H30O5/c1-7-11(4)18(24)17-14(23)9-15(25-6)16-13-8-12(10(2)3)19-21(26-19)22(13,5)27-20(16)17/h9-13,19,21,23H,7-8H2,1-6H3/t11-,12+,13+,19+,21+,22-/m0/s1. The number of ether oxygens (including phenoxy) is 3. The van der Waals surface area contributed by atoms with E-state index in [1.807, 2.05) is 13.8 Å². The Balaban J connectivity index is 1.87. The van der Waals surface area contributed by atoms with E-state index in [1.165, 1.54) is 0 Å². The number of phenols is 1. The van der Waals surface area contributed by atoms with E-state index in [0.29, 0.717) is 35.3 Å². The molecule has 2 heterocycles. The predicted molar refractivity (Wildman–Crippen MR) is 102 cm³/mol. The van der Waals surface area contributed by atoms with Crippen LogP contribution in [-0.4, -0.2) is 35.8 Å². The van der Waals surface area contributed by atoms with Crippen molar-refractivity contribution in [3.63, 3.8) is 0 Å². The number of aromatic hydroxyl groups is 1. The Bertz CT molecular complexity index is 785. The van der Waals surface area contributed by atoms with Gasteiger partial charge in [-0.25, -0.2) is 0 Å². The van der Waals surface area contributed by atoms with Gasteiger partial charge in [-0.3, -0.25) is 4.79 Å². The molecule has 0 aromatic heterocycles. The molecule has 1 aromatic carbocycles. The van der Waals surface area contributed by atoms with E-state index in [4.69, 9.17) is 14.2 Å². The van der Waals surface area contributed by atoms with Gasteiger partial charge in [-0.1, -0.05) is 27.7 Å². The van der Waals surface area contributed by atoms with Crippen molar-refractivity contribution in [2.75, 3.05) is 7.11 Å². The van der Waals surface area contributed by atoms with Crippen LogP contribution in [0.5, 0.6) is 17.2 Å². The van der Waals surface area contributed by atoms with E-state index in [9.17, 15) is 9.90 Å². The van der Waals surface area contributed by atoms with E-state index >= 15 is 0 Å². The third-order valence-corrected chi connectivity index (χ3v) is 7.03. The van der Waals surface area contributed by atoms with Crippen molar-refractivity contribution < 1.29 is 24.1 Å².